The van der Waals surface area contributed by atoms with E-state index in [0.29, 0.717) is 24.3 Å². The molecule has 0 atom stereocenters. The number of hydrogen-bond acceptors (Lipinski definition) is 9. The van der Waals surface area contributed by atoms with Crippen LogP contribution in [0, 0.1) is 6.92 Å². The zero-order chi connectivity index (χ0) is 30.8. The van der Waals surface area contributed by atoms with Crippen LogP contribution in [-0.4, -0.2) is 72.4 Å². The fraction of sp³-hybridized carbons (Fsp3) is 0.321. The molecule has 3 rings (SSSR count). The Bertz CT molecular complexity index is 1560. The quantitative estimate of drug-likeness (QED) is 0.0799. The highest BCUT2D eigenvalue weighted by atomic mass is 32.2. The van der Waals surface area contributed by atoms with Crippen LogP contribution in [0.25, 0.3) is 0 Å². The Morgan fingerprint density at radius 2 is 1.48 bits per heavy atom. The molecule has 0 aliphatic carbocycles. The van der Waals surface area contributed by atoms with Gasteiger partial charge in [0.2, 0.25) is 16.0 Å². The average Bonchev–Trinajstić information content (AvgIpc) is 2.92. The maximum atomic E-state index is 13.9. The van der Waals surface area contributed by atoms with Gasteiger partial charge in [-0.3, -0.25) is 0 Å². The van der Waals surface area contributed by atoms with Crippen LogP contribution in [0.3, 0.4) is 0 Å². The minimum absolute atomic E-state index is 0.0253. The van der Waals surface area contributed by atoms with Crippen LogP contribution in [0.1, 0.15) is 17.5 Å². The molecule has 0 aliphatic heterocycles. The van der Waals surface area contributed by atoms with Crippen molar-refractivity contribution in [2.45, 2.75) is 29.7 Å². The number of likely N-dealkylation sites (N-methyl/N-ethyl adjacent to an activating group) is 1. The minimum atomic E-state index is -4.57. The number of hydrogen-bond donors (Lipinski definition) is 2. The number of oxime groups is 1. The molecule has 0 amide bonds. The van der Waals surface area contributed by atoms with Gasteiger partial charge in [-0.15, -0.1) is 0 Å². The van der Waals surface area contributed by atoms with E-state index in [1.54, 1.807) is 13.0 Å². The first kappa shape index (κ1) is 32.7. The molecule has 0 bridgehead atoms. The Balaban J connectivity index is 1.86. The van der Waals surface area contributed by atoms with Crippen molar-refractivity contribution >= 4 is 26.1 Å². The van der Waals surface area contributed by atoms with Crippen LogP contribution in [-0.2, 0) is 31.5 Å². The molecule has 0 radical (unpaired) electrons. The molecule has 0 fully saturated rings. The van der Waals surface area contributed by atoms with E-state index in [2.05, 4.69) is 5.16 Å². The molecule has 12 nitrogen and oxygen atoms in total. The summed E-state index contributed by atoms with van der Waals surface area (Å²) in [5, 5.41) is 3.42. The van der Waals surface area contributed by atoms with Gasteiger partial charge in [-0.25, -0.2) is 8.42 Å². The summed E-state index contributed by atoms with van der Waals surface area (Å²) in [6.45, 7) is 2.85. The van der Waals surface area contributed by atoms with E-state index in [4.69, 9.17) is 25.2 Å². The zero-order valence-electron chi connectivity index (χ0n) is 23.8. The SMILES string of the molecule is Cc1cc(OCCCON=C(N)N)cc(OS(=O)(=O)c2ccccc2S(=O)(=O)N(CCN(C)C)Cc2ccccc2)c1. The topological polar surface area (TPSA) is 167 Å². The lowest BCUT2D eigenvalue weighted by molar-refractivity contribution is 0.127. The molecule has 0 aromatic heterocycles. The van der Waals surface area contributed by atoms with Gasteiger partial charge in [0.15, 0.2) is 0 Å². The predicted molar refractivity (Wildman–Crippen MR) is 160 cm³/mol. The number of benzene rings is 3. The summed E-state index contributed by atoms with van der Waals surface area (Å²) in [6.07, 6.45) is 0.456. The Morgan fingerprint density at radius 1 is 0.833 bits per heavy atom. The Hall–Kier alpha value is -3.85. The summed E-state index contributed by atoms with van der Waals surface area (Å²) < 4.78 is 67.3. The molecule has 0 aliphatic rings. The Morgan fingerprint density at radius 3 is 2.14 bits per heavy atom. The molecule has 42 heavy (non-hydrogen) atoms. The van der Waals surface area contributed by atoms with E-state index in [-0.39, 0.29) is 42.9 Å². The third kappa shape index (κ3) is 9.62. The summed E-state index contributed by atoms with van der Waals surface area (Å²) >= 11 is 0. The number of nitrogens with zero attached hydrogens (tertiary/aromatic N) is 3. The highest BCUT2D eigenvalue weighted by Crippen LogP contribution is 2.30. The van der Waals surface area contributed by atoms with Gasteiger partial charge >= 0.3 is 10.1 Å². The van der Waals surface area contributed by atoms with E-state index in [9.17, 15) is 16.8 Å². The first-order chi connectivity index (χ1) is 19.9. The monoisotopic (exact) mass is 619 g/mol. The molecule has 0 spiro atoms. The molecular formula is C28H37N5O7S2. The Labute approximate surface area is 247 Å². The van der Waals surface area contributed by atoms with E-state index in [1.807, 2.05) is 49.3 Å². The number of nitrogens with two attached hydrogens (primary N) is 2. The lowest BCUT2D eigenvalue weighted by atomic mass is 10.2. The molecule has 0 saturated heterocycles. The van der Waals surface area contributed by atoms with Crippen molar-refractivity contribution in [2.24, 2.45) is 16.6 Å². The molecular weight excluding hydrogens is 582 g/mol. The van der Waals surface area contributed by atoms with Gasteiger partial charge in [0, 0.05) is 32.1 Å². The third-order valence-electron chi connectivity index (χ3n) is 5.78. The molecule has 14 heteroatoms. The summed E-state index contributed by atoms with van der Waals surface area (Å²) in [5.41, 5.74) is 11.8. The summed E-state index contributed by atoms with van der Waals surface area (Å²) in [6, 6.07) is 19.2. The van der Waals surface area contributed by atoms with Crippen molar-refractivity contribution in [1.29, 1.82) is 0 Å². The second-order valence-electron chi connectivity index (χ2n) is 9.64. The van der Waals surface area contributed by atoms with Crippen LogP contribution in [0.4, 0.5) is 0 Å². The summed E-state index contributed by atoms with van der Waals surface area (Å²) in [5.74, 6) is 0.146. The number of ether oxygens (including phenoxy) is 1. The molecule has 3 aromatic carbocycles. The smallest absolute Gasteiger partial charge is 0.340 e. The van der Waals surface area contributed by atoms with Crippen molar-refractivity contribution in [3.05, 3.63) is 83.9 Å². The maximum Gasteiger partial charge on any atom is 0.340 e. The molecule has 0 heterocycles. The van der Waals surface area contributed by atoms with Crippen molar-refractivity contribution in [3.8, 4) is 11.5 Å². The number of rotatable bonds is 16. The standard InChI is InChI=1S/C28H37N5O7S2/c1-22-18-24(38-16-9-17-39-31-28(29)30)20-25(19-22)40-42(36,37)27-13-8-7-12-26(27)41(34,35)33(15-14-32(2)3)21-23-10-5-4-6-11-23/h4-8,10-13,18-20H,9,14-17,21H2,1-3H3,(H4,29,30,31). The zero-order valence-corrected chi connectivity index (χ0v) is 25.5. The van der Waals surface area contributed by atoms with Crippen LogP contribution >= 0.6 is 0 Å². The van der Waals surface area contributed by atoms with Crippen LogP contribution in [0.5, 0.6) is 11.5 Å². The van der Waals surface area contributed by atoms with Gasteiger partial charge in [0.1, 0.15) is 27.9 Å². The second kappa shape index (κ2) is 14.9. The van der Waals surface area contributed by atoms with Gasteiger partial charge in [0.05, 0.1) is 6.61 Å². The fourth-order valence-corrected chi connectivity index (χ4v) is 6.96. The highest BCUT2D eigenvalue weighted by molar-refractivity contribution is 7.91. The van der Waals surface area contributed by atoms with E-state index < -0.39 is 25.0 Å². The first-order valence-electron chi connectivity index (χ1n) is 13.1. The van der Waals surface area contributed by atoms with Gasteiger partial charge in [-0.2, -0.15) is 12.7 Å². The Kier molecular flexibility index (Phi) is 11.6. The van der Waals surface area contributed by atoms with Gasteiger partial charge in [-0.05, 0) is 61.6 Å². The van der Waals surface area contributed by atoms with Gasteiger partial charge < -0.3 is 30.1 Å². The van der Waals surface area contributed by atoms with E-state index in [1.165, 1.54) is 40.7 Å². The van der Waals surface area contributed by atoms with Crippen molar-refractivity contribution in [2.75, 3.05) is 40.4 Å². The molecule has 3 aromatic rings. The lowest BCUT2D eigenvalue weighted by Crippen LogP contribution is -2.37. The van der Waals surface area contributed by atoms with Gasteiger partial charge in [-0.1, -0.05) is 42.5 Å². The normalized spacial score (nSPS) is 11.8. The lowest BCUT2D eigenvalue weighted by Gasteiger charge is -2.25. The third-order valence-corrected chi connectivity index (χ3v) is 9.12. The molecule has 0 saturated carbocycles. The van der Waals surface area contributed by atoms with Crippen LogP contribution < -0.4 is 20.4 Å². The molecule has 4 N–H and O–H groups in total. The highest BCUT2D eigenvalue weighted by Gasteiger charge is 2.32. The largest absolute Gasteiger partial charge is 0.493 e. The van der Waals surface area contributed by atoms with Crippen molar-refractivity contribution < 1.29 is 30.6 Å². The second-order valence-corrected chi connectivity index (χ2v) is 13.1. The van der Waals surface area contributed by atoms with Crippen LogP contribution in [0.15, 0.2) is 87.7 Å². The van der Waals surface area contributed by atoms with Crippen molar-refractivity contribution in [1.82, 2.24) is 9.21 Å². The fourth-order valence-electron chi connectivity index (χ4n) is 3.84. The molecule has 228 valence electrons. The van der Waals surface area contributed by atoms with Crippen molar-refractivity contribution in [3.63, 3.8) is 0 Å². The summed E-state index contributed by atoms with van der Waals surface area (Å²) in [4.78, 5) is 5.93. The summed E-state index contributed by atoms with van der Waals surface area (Å²) in [7, 11) is -5.16. The molecule has 0 unspecified atom stereocenters. The van der Waals surface area contributed by atoms with E-state index >= 15 is 0 Å². The maximum absolute atomic E-state index is 13.9. The van der Waals surface area contributed by atoms with Crippen LogP contribution in [0.2, 0.25) is 0 Å². The predicted octanol–water partition coefficient (Wildman–Crippen LogP) is 2.49. The average molecular weight is 620 g/mol. The number of sulfonamides is 1. The van der Waals surface area contributed by atoms with E-state index in [0.717, 1.165) is 5.56 Å². The minimum Gasteiger partial charge on any atom is -0.493 e. The first-order valence-corrected chi connectivity index (χ1v) is 15.9. The number of guanidine groups is 1. The number of aryl methyl sites for hydroxylation is 1. The van der Waals surface area contributed by atoms with Gasteiger partial charge in [0.25, 0.3) is 0 Å².